The summed E-state index contributed by atoms with van der Waals surface area (Å²) in [5.74, 6) is 0. The zero-order valence-corrected chi connectivity index (χ0v) is 11.7. The zero-order valence-electron chi connectivity index (χ0n) is 10.0. The summed E-state index contributed by atoms with van der Waals surface area (Å²) >= 11 is 6.86. The van der Waals surface area contributed by atoms with E-state index in [4.69, 9.17) is 18.0 Å². The van der Waals surface area contributed by atoms with Crippen molar-refractivity contribution >= 4 is 28.5 Å². The Morgan fingerprint density at radius 2 is 2.06 bits per heavy atom. The summed E-state index contributed by atoms with van der Waals surface area (Å²) in [7, 11) is 0. The molecule has 0 unspecified atom stereocenters. The zero-order chi connectivity index (χ0) is 12.0. The van der Waals surface area contributed by atoms with Crippen LogP contribution in [0.1, 0.15) is 30.0 Å². The molecule has 0 aliphatic carbocycles. The number of hydrogen-bond donors (Lipinski definition) is 1. The Bertz CT molecular complexity index is 334. The van der Waals surface area contributed by atoms with Crippen LogP contribution in [0.15, 0.2) is 12.1 Å². The van der Waals surface area contributed by atoms with Crippen LogP contribution in [-0.4, -0.2) is 23.0 Å². The molecule has 2 nitrogen and oxygen atoms in total. The van der Waals surface area contributed by atoms with Gasteiger partial charge in [0.2, 0.25) is 0 Å². The molecule has 0 spiro atoms. The number of hydrogen-bond acceptors (Lipinski definition) is 3. The van der Waals surface area contributed by atoms with E-state index in [0.717, 1.165) is 32.5 Å². The van der Waals surface area contributed by atoms with Crippen molar-refractivity contribution in [1.29, 1.82) is 0 Å². The molecule has 0 bridgehead atoms. The van der Waals surface area contributed by atoms with Crippen molar-refractivity contribution in [3.05, 3.63) is 21.9 Å². The highest BCUT2D eigenvalue weighted by molar-refractivity contribution is 7.80. The molecule has 0 aromatic carbocycles. The lowest BCUT2D eigenvalue weighted by molar-refractivity contribution is 0.307. The van der Waals surface area contributed by atoms with Crippen LogP contribution in [0.5, 0.6) is 0 Å². The molecule has 0 saturated carbocycles. The summed E-state index contributed by atoms with van der Waals surface area (Å²) in [6, 6.07) is 4.43. The number of thiocarbonyl (C=S) groups is 1. The van der Waals surface area contributed by atoms with Crippen molar-refractivity contribution in [2.24, 2.45) is 5.73 Å². The molecule has 0 amide bonds. The minimum atomic E-state index is 0.584. The van der Waals surface area contributed by atoms with Crippen LogP contribution in [0, 0.1) is 0 Å². The first kappa shape index (κ1) is 13.6. The Labute approximate surface area is 107 Å². The van der Waals surface area contributed by atoms with Crippen molar-refractivity contribution in [2.75, 3.05) is 13.1 Å². The monoisotopic (exact) mass is 256 g/mol. The lowest BCUT2D eigenvalue weighted by atomic mass is 10.3. The van der Waals surface area contributed by atoms with Gasteiger partial charge in [-0.1, -0.05) is 26.1 Å². The molecule has 0 atom stereocenters. The van der Waals surface area contributed by atoms with Gasteiger partial charge in [0, 0.05) is 22.8 Å². The molecule has 1 heterocycles. The van der Waals surface area contributed by atoms with Gasteiger partial charge in [-0.2, -0.15) is 0 Å². The van der Waals surface area contributed by atoms with E-state index < -0.39 is 0 Å². The van der Waals surface area contributed by atoms with E-state index in [9.17, 15) is 0 Å². The van der Waals surface area contributed by atoms with E-state index in [2.05, 4.69) is 30.9 Å². The average molecular weight is 256 g/mol. The molecule has 4 heteroatoms. The summed E-state index contributed by atoms with van der Waals surface area (Å²) in [6.45, 7) is 7.11. The molecule has 0 aliphatic rings. The van der Waals surface area contributed by atoms with Crippen LogP contribution >= 0.6 is 23.6 Å². The van der Waals surface area contributed by atoms with Crippen LogP contribution in [-0.2, 0) is 13.0 Å². The standard InChI is InChI=1S/C12H20N2S2/c1-3-7-14(9-12(13)15)8-11-6-5-10(4-2)16-11/h5-6H,3-4,7-9H2,1-2H3,(H2,13,15). The molecular formula is C12H20N2S2. The predicted octanol–water partition coefficient (Wildman–Crippen LogP) is 2.81. The second kappa shape index (κ2) is 6.99. The quantitative estimate of drug-likeness (QED) is 0.761. The van der Waals surface area contributed by atoms with Gasteiger partial charge in [0.05, 0.1) is 4.99 Å². The molecule has 1 aromatic heterocycles. The third kappa shape index (κ3) is 4.60. The Hall–Kier alpha value is -0.450. The second-order valence-electron chi connectivity index (χ2n) is 3.90. The minimum Gasteiger partial charge on any atom is -0.392 e. The predicted molar refractivity (Wildman–Crippen MR) is 76.1 cm³/mol. The van der Waals surface area contributed by atoms with Gasteiger partial charge in [-0.3, -0.25) is 4.90 Å². The third-order valence-corrected chi connectivity index (χ3v) is 3.71. The van der Waals surface area contributed by atoms with Crippen LogP contribution < -0.4 is 5.73 Å². The summed E-state index contributed by atoms with van der Waals surface area (Å²) in [5, 5.41) is 0. The molecule has 16 heavy (non-hydrogen) atoms. The fraction of sp³-hybridized carbons (Fsp3) is 0.583. The van der Waals surface area contributed by atoms with Crippen molar-refractivity contribution in [2.45, 2.75) is 33.2 Å². The number of nitrogens with zero attached hydrogens (tertiary/aromatic N) is 1. The van der Waals surface area contributed by atoms with Gasteiger partial charge in [0.25, 0.3) is 0 Å². The SMILES string of the molecule is CCCN(CC(N)=S)Cc1ccc(CC)s1. The van der Waals surface area contributed by atoms with E-state index in [1.165, 1.54) is 9.75 Å². The Kier molecular flexibility index (Phi) is 5.95. The third-order valence-electron chi connectivity index (χ3n) is 2.36. The van der Waals surface area contributed by atoms with Gasteiger partial charge in [-0.25, -0.2) is 0 Å². The maximum Gasteiger partial charge on any atom is 0.0870 e. The van der Waals surface area contributed by atoms with Gasteiger partial charge < -0.3 is 5.73 Å². The van der Waals surface area contributed by atoms with E-state index in [0.29, 0.717) is 4.99 Å². The van der Waals surface area contributed by atoms with Crippen molar-refractivity contribution < 1.29 is 0 Å². The van der Waals surface area contributed by atoms with Crippen molar-refractivity contribution in [3.63, 3.8) is 0 Å². The molecule has 0 fully saturated rings. The Morgan fingerprint density at radius 3 is 2.56 bits per heavy atom. The smallest absolute Gasteiger partial charge is 0.0870 e. The highest BCUT2D eigenvalue weighted by Crippen LogP contribution is 2.18. The number of thiophene rings is 1. The first-order valence-corrected chi connectivity index (χ1v) is 6.96. The first-order valence-electron chi connectivity index (χ1n) is 5.74. The largest absolute Gasteiger partial charge is 0.392 e. The topological polar surface area (TPSA) is 29.3 Å². The minimum absolute atomic E-state index is 0.584. The molecule has 0 saturated heterocycles. The Balaban J connectivity index is 2.56. The fourth-order valence-electron chi connectivity index (χ4n) is 1.67. The van der Waals surface area contributed by atoms with Gasteiger partial charge in [0.1, 0.15) is 0 Å². The first-order chi connectivity index (χ1) is 7.65. The molecule has 0 radical (unpaired) electrons. The van der Waals surface area contributed by atoms with Gasteiger partial charge >= 0.3 is 0 Å². The van der Waals surface area contributed by atoms with Crippen LogP contribution in [0.25, 0.3) is 0 Å². The lowest BCUT2D eigenvalue weighted by Gasteiger charge is -2.19. The molecular weight excluding hydrogens is 236 g/mol. The second-order valence-corrected chi connectivity index (χ2v) is 5.68. The lowest BCUT2D eigenvalue weighted by Crippen LogP contribution is -2.32. The average Bonchev–Trinajstić information content (AvgIpc) is 2.65. The maximum absolute atomic E-state index is 5.60. The van der Waals surface area contributed by atoms with Crippen LogP contribution in [0.3, 0.4) is 0 Å². The number of aryl methyl sites for hydroxylation is 1. The van der Waals surface area contributed by atoms with Crippen molar-refractivity contribution in [1.82, 2.24) is 4.90 Å². The summed E-state index contributed by atoms with van der Waals surface area (Å²) < 4.78 is 0. The van der Waals surface area contributed by atoms with E-state index in [-0.39, 0.29) is 0 Å². The van der Waals surface area contributed by atoms with E-state index in [1.807, 2.05) is 11.3 Å². The molecule has 2 N–H and O–H groups in total. The van der Waals surface area contributed by atoms with E-state index in [1.54, 1.807) is 0 Å². The molecule has 1 aromatic rings. The summed E-state index contributed by atoms with van der Waals surface area (Å²) in [5.41, 5.74) is 5.60. The summed E-state index contributed by atoms with van der Waals surface area (Å²) in [6.07, 6.45) is 2.25. The van der Waals surface area contributed by atoms with Gasteiger partial charge in [0.15, 0.2) is 0 Å². The number of nitrogens with two attached hydrogens (primary N) is 1. The van der Waals surface area contributed by atoms with Crippen molar-refractivity contribution in [3.8, 4) is 0 Å². The van der Waals surface area contributed by atoms with Gasteiger partial charge in [-0.15, -0.1) is 11.3 Å². The van der Waals surface area contributed by atoms with E-state index >= 15 is 0 Å². The molecule has 90 valence electrons. The summed E-state index contributed by atoms with van der Waals surface area (Å²) in [4.78, 5) is 5.75. The highest BCUT2D eigenvalue weighted by Gasteiger charge is 2.07. The number of rotatable bonds is 7. The molecule has 0 aliphatic heterocycles. The fourth-order valence-corrected chi connectivity index (χ4v) is 2.85. The molecule has 1 rings (SSSR count). The van der Waals surface area contributed by atoms with Crippen LogP contribution in [0.2, 0.25) is 0 Å². The van der Waals surface area contributed by atoms with Crippen LogP contribution in [0.4, 0.5) is 0 Å². The normalized spacial score (nSPS) is 10.9. The maximum atomic E-state index is 5.60. The van der Waals surface area contributed by atoms with Gasteiger partial charge in [-0.05, 0) is 31.5 Å². The highest BCUT2D eigenvalue weighted by atomic mass is 32.1. The Morgan fingerprint density at radius 1 is 1.38 bits per heavy atom.